The van der Waals surface area contributed by atoms with E-state index in [1.807, 2.05) is 19.1 Å². The van der Waals surface area contributed by atoms with Crippen molar-refractivity contribution >= 4 is 27.5 Å². The summed E-state index contributed by atoms with van der Waals surface area (Å²) in [5.41, 5.74) is 2.12. The Balaban J connectivity index is 3.19. The molecule has 0 atom stereocenters. The number of halogens is 2. The van der Waals surface area contributed by atoms with E-state index < -0.39 is 0 Å². The van der Waals surface area contributed by atoms with Gasteiger partial charge in [0.15, 0.2) is 0 Å². The Bertz CT molecular complexity index is 257. The molecule has 0 N–H and O–H groups in total. The molecule has 0 saturated heterocycles. The zero-order valence-electron chi connectivity index (χ0n) is 7.03. The van der Waals surface area contributed by atoms with Crippen LogP contribution < -0.4 is 4.74 Å². The lowest BCUT2D eigenvalue weighted by Gasteiger charge is -2.08. The van der Waals surface area contributed by atoms with Crippen LogP contribution in [-0.2, 0) is 5.33 Å². The highest BCUT2D eigenvalue weighted by molar-refractivity contribution is 9.08. The van der Waals surface area contributed by atoms with Gasteiger partial charge in [-0.25, -0.2) is 0 Å². The van der Waals surface area contributed by atoms with E-state index in [1.165, 1.54) is 0 Å². The molecule has 1 rings (SSSR count). The van der Waals surface area contributed by atoms with Crippen LogP contribution in [0.3, 0.4) is 0 Å². The molecule has 3 heteroatoms. The second kappa shape index (κ2) is 4.15. The van der Waals surface area contributed by atoms with Gasteiger partial charge in [0.1, 0.15) is 5.75 Å². The van der Waals surface area contributed by atoms with Crippen molar-refractivity contribution in [2.75, 3.05) is 7.11 Å². The fraction of sp³-hybridized carbons (Fsp3) is 0.333. The molecule has 1 aromatic rings. The maximum absolute atomic E-state index is 5.95. The summed E-state index contributed by atoms with van der Waals surface area (Å²) in [6.07, 6.45) is 0. The smallest absolute Gasteiger partial charge is 0.123 e. The molecule has 0 heterocycles. The molecule has 0 spiro atoms. The number of methoxy groups -OCH3 is 1. The van der Waals surface area contributed by atoms with Crippen LogP contribution in [0.5, 0.6) is 5.75 Å². The van der Waals surface area contributed by atoms with E-state index in [1.54, 1.807) is 7.11 Å². The van der Waals surface area contributed by atoms with Gasteiger partial charge < -0.3 is 4.74 Å². The van der Waals surface area contributed by atoms with Gasteiger partial charge in [0.25, 0.3) is 0 Å². The average molecular weight is 250 g/mol. The third-order valence-corrected chi connectivity index (χ3v) is 2.72. The minimum atomic E-state index is 0.760. The largest absolute Gasteiger partial charge is 0.496 e. The lowest BCUT2D eigenvalue weighted by Crippen LogP contribution is -1.90. The SMILES string of the molecule is COc1cc(C)c(Cl)cc1CBr. The monoisotopic (exact) mass is 248 g/mol. The quantitative estimate of drug-likeness (QED) is 0.728. The van der Waals surface area contributed by atoms with Crippen molar-refractivity contribution in [2.24, 2.45) is 0 Å². The van der Waals surface area contributed by atoms with E-state index in [4.69, 9.17) is 16.3 Å². The molecule has 0 aromatic heterocycles. The Hall–Kier alpha value is -0.210. The Morgan fingerprint density at radius 3 is 2.67 bits per heavy atom. The Labute approximate surface area is 85.8 Å². The van der Waals surface area contributed by atoms with E-state index >= 15 is 0 Å². The average Bonchev–Trinajstić information content (AvgIpc) is 2.09. The summed E-state index contributed by atoms with van der Waals surface area (Å²) in [5.74, 6) is 0.883. The number of benzene rings is 1. The number of ether oxygens (including phenoxy) is 1. The highest BCUT2D eigenvalue weighted by Gasteiger charge is 2.04. The molecule has 0 saturated carbocycles. The zero-order valence-corrected chi connectivity index (χ0v) is 9.37. The fourth-order valence-corrected chi connectivity index (χ4v) is 1.62. The molecule has 0 aliphatic heterocycles. The van der Waals surface area contributed by atoms with Crippen LogP contribution in [-0.4, -0.2) is 7.11 Å². The number of alkyl halides is 1. The van der Waals surface area contributed by atoms with Gasteiger partial charge in [-0.1, -0.05) is 27.5 Å². The molecule has 0 unspecified atom stereocenters. The molecule has 1 nitrogen and oxygen atoms in total. The van der Waals surface area contributed by atoms with Crippen LogP contribution in [0.1, 0.15) is 11.1 Å². The van der Waals surface area contributed by atoms with Gasteiger partial charge in [0.2, 0.25) is 0 Å². The van der Waals surface area contributed by atoms with E-state index in [2.05, 4.69) is 15.9 Å². The van der Waals surface area contributed by atoms with Crippen molar-refractivity contribution in [3.8, 4) is 5.75 Å². The van der Waals surface area contributed by atoms with Crippen molar-refractivity contribution in [1.82, 2.24) is 0 Å². The number of aryl methyl sites for hydroxylation is 1. The normalized spacial score (nSPS) is 10.0. The summed E-state index contributed by atoms with van der Waals surface area (Å²) in [6.45, 7) is 1.96. The number of hydrogen-bond donors (Lipinski definition) is 0. The van der Waals surface area contributed by atoms with E-state index in [9.17, 15) is 0 Å². The Morgan fingerprint density at radius 2 is 2.17 bits per heavy atom. The number of rotatable bonds is 2. The van der Waals surface area contributed by atoms with Crippen molar-refractivity contribution < 1.29 is 4.74 Å². The first-order chi connectivity index (χ1) is 5.69. The van der Waals surface area contributed by atoms with Gasteiger partial charge in [-0.3, -0.25) is 0 Å². The third-order valence-electron chi connectivity index (χ3n) is 1.71. The number of hydrogen-bond acceptors (Lipinski definition) is 1. The van der Waals surface area contributed by atoms with Crippen LogP contribution in [0.4, 0.5) is 0 Å². The first-order valence-corrected chi connectivity index (χ1v) is 5.08. The highest BCUT2D eigenvalue weighted by atomic mass is 79.9. The van der Waals surface area contributed by atoms with Crippen LogP contribution in [0.2, 0.25) is 5.02 Å². The molecule has 0 fully saturated rings. The molecule has 0 radical (unpaired) electrons. The van der Waals surface area contributed by atoms with Gasteiger partial charge in [0.05, 0.1) is 7.11 Å². The van der Waals surface area contributed by atoms with Crippen molar-refractivity contribution in [3.05, 3.63) is 28.3 Å². The second-order valence-corrected chi connectivity index (χ2v) is 3.51. The summed E-state index contributed by atoms with van der Waals surface area (Å²) >= 11 is 9.31. The maximum atomic E-state index is 5.95. The lowest BCUT2D eigenvalue weighted by molar-refractivity contribution is 0.411. The summed E-state index contributed by atoms with van der Waals surface area (Å²) < 4.78 is 5.18. The summed E-state index contributed by atoms with van der Waals surface area (Å²) in [5, 5.41) is 1.54. The molecule has 0 aliphatic rings. The second-order valence-electron chi connectivity index (χ2n) is 2.55. The van der Waals surface area contributed by atoms with Crippen LogP contribution in [0.25, 0.3) is 0 Å². The fourth-order valence-electron chi connectivity index (χ4n) is 0.991. The van der Waals surface area contributed by atoms with E-state index in [-0.39, 0.29) is 0 Å². The highest BCUT2D eigenvalue weighted by Crippen LogP contribution is 2.27. The molecule has 12 heavy (non-hydrogen) atoms. The summed E-state index contributed by atoms with van der Waals surface area (Å²) in [4.78, 5) is 0. The van der Waals surface area contributed by atoms with Crippen LogP contribution >= 0.6 is 27.5 Å². The molecule has 0 amide bonds. The maximum Gasteiger partial charge on any atom is 0.123 e. The standard InChI is InChI=1S/C9H10BrClO/c1-6-3-9(12-2)7(5-10)4-8(6)11/h3-4H,5H2,1-2H3. The van der Waals surface area contributed by atoms with Gasteiger partial charge >= 0.3 is 0 Å². The van der Waals surface area contributed by atoms with E-state index in [0.29, 0.717) is 0 Å². The zero-order chi connectivity index (χ0) is 9.14. The van der Waals surface area contributed by atoms with Gasteiger partial charge in [-0.2, -0.15) is 0 Å². The van der Waals surface area contributed by atoms with Crippen molar-refractivity contribution in [2.45, 2.75) is 12.3 Å². The topological polar surface area (TPSA) is 9.23 Å². The summed E-state index contributed by atoms with van der Waals surface area (Å²) in [6, 6.07) is 3.86. The summed E-state index contributed by atoms with van der Waals surface area (Å²) in [7, 11) is 1.66. The molecule has 1 aromatic carbocycles. The lowest BCUT2D eigenvalue weighted by atomic mass is 10.1. The molecule has 66 valence electrons. The van der Waals surface area contributed by atoms with Gasteiger partial charge in [-0.15, -0.1) is 0 Å². The minimum absolute atomic E-state index is 0.760. The van der Waals surface area contributed by atoms with Crippen LogP contribution in [0, 0.1) is 6.92 Å². The third kappa shape index (κ3) is 1.93. The predicted octanol–water partition coefficient (Wildman–Crippen LogP) is 3.55. The van der Waals surface area contributed by atoms with Crippen LogP contribution in [0.15, 0.2) is 12.1 Å². The van der Waals surface area contributed by atoms with Crippen molar-refractivity contribution in [1.29, 1.82) is 0 Å². The minimum Gasteiger partial charge on any atom is -0.496 e. The van der Waals surface area contributed by atoms with Gasteiger partial charge in [0, 0.05) is 15.9 Å². The molecular weight excluding hydrogens is 239 g/mol. The predicted molar refractivity (Wildman–Crippen MR) is 55.4 cm³/mol. The molecular formula is C9H10BrClO. The Kier molecular flexibility index (Phi) is 3.41. The van der Waals surface area contributed by atoms with E-state index in [0.717, 1.165) is 27.2 Å². The molecule has 0 aliphatic carbocycles. The Morgan fingerprint density at radius 1 is 1.50 bits per heavy atom. The molecule has 0 bridgehead atoms. The van der Waals surface area contributed by atoms with Gasteiger partial charge in [-0.05, 0) is 24.6 Å². The first kappa shape index (κ1) is 9.87. The first-order valence-electron chi connectivity index (χ1n) is 3.58. The van der Waals surface area contributed by atoms with Crippen molar-refractivity contribution in [3.63, 3.8) is 0 Å².